The molecule has 114 valence electrons. The van der Waals surface area contributed by atoms with Gasteiger partial charge in [0, 0.05) is 12.7 Å². The quantitative estimate of drug-likeness (QED) is 0.936. The Hall–Kier alpha value is -2.36. The molecule has 0 unspecified atom stereocenters. The predicted octanol–water partition coefficient (Wildman–Crippen LogP) is 3.66. The van der Waals surface area contributed by atoms with Crippen LogP contribution in [0, 0.1) is 6.92 Å². The molecule has 1 aliphatic rings. The van der Waals surface area contributed by atoms with Crippen LogP contribution in [0.15, 0.2) is 41.5 Å². The van der Waals surface area contributed by atoms with Crippen LogP contribution in [-0.4, -0.2) is 23.9 Å². The number of benzene rings is 1. The molecule has 2 heterocycles. The van der Waals surface area contributed by atoms with E-state index in [-0.39, 0.29) is 0 Å². The first-order valence-corrected chi connectivity index (χ1v) is 7.67. The minimum Gasteiger partial charge on any atom is -0.438 e. The van der Waals surface area contributed by atoms with Crippen LogP contribution in [0.5, 0.6) is 11.6 Å². The summed E-state index contributed by atoms with van der Waals surface area (Å²) < 4.78 is 6.16. The van der Waals surface area contributed by atoms with Crippen LogP contribution in [0.3, 0.4) is 0 Å². The van der Waals surface area contributed by atoms with Crippen LogP contribution in [0.2, 0.25) is 0 Å². The number of hydrogen-bond acceptors (Lipinski definition) is 4. The first-order valence-electron chi connectivity index (χ1n) is 7.67. The van der Waals surface area contributed by atoms with Crippen LogP contribution in [0.25, 0.3) is 0 Å². The van der Waals surface area contributed by atoms with Crippen LogP contribution >= 0.6 is 0 Å². The lowest BCUT2D eigenvalue weighted by Gasteiger charge is -2.16. The second-order valence-electron chi connectivity index (χ2n) is 5.81. The van der Waals surface area contributed by atoms with Crippen molar-refractivity contribution in [1.82, 2.24) is 10.3 Å². The van der Waals surface area contributed by atoms with E-state index in [1.54, 1.807) is 6.20 Å². The molecule has 0 aliphatic carbocycles. The Kier molecular flexibility index (Phi) is 4.09. The van der Waals surface area contributed by atoms with Crippen molar-refractivity contribution in [2.75, 3.05) is 13.1 Å². The highest BCUT2D eigenvalue weighted by atomic mass is 16.5. The lowest BCUT2D eigenvalue weighted by Crippen LogP contribution is -2.20. The minimum absolute atomic E-state index is 0.393. The first-order chi connectivity index (χ1) is 10.6. The summed E-state index contributed by atoms with van der Waals surface area (Å²) in [7, 11) is 0. The van der Waals surface area contributed by atoms with Crippen molar-refractivity contribution < 1.29 is 4.74 Å². The van der Waals surface area contributed by atoms with E-state index in [0.717, 1.165) is 30.2 Å². The average molecular weight is 295 g/mol. The molecule has 1 aromatic carbocycles. The molecule has 3 rings (SSSR count). The van der Waals surface area contributed by atoms with E-state index in [0.29, 0.717) is 11.8 Å². The first kappa shape index (κ1) is 14.6. The third-order valence-electron chi connectivity index (χ3n) is 3.70. The predicted molar refractivity (Wildman–Crippen MR) is 89.0 cm³/mol. The van der Waals surface area contributed by atoms with Gasteiger partial charge < -0.3 is 10.1 Å². The number of rotatable bonds is 4. The number of aryl methyl sites for hydroxylation is 1. The van der Waals surface area contributed by atoms with Crippen LogP contribution in [-0.2, 0) is 0 Å². The molecule has 0 atom stereocenters. The van der Waals surface area contributed by atoms with Crippen molar-refractivity contribution >= 4 is 5.84 Å². The highest BCUT2D eigenvalue weighted by molar-refractivity contribution is 6.01. The molecule has 0 bridgehead atoms. The molecule has 2 aromatic rings. The summed E-state index contributed by atoms with van der Waals surface area (Å²) in [5.74, 6) is 2.73. The second-order valence-corrected chi connectivity index (χ2v) is 5.81. The maximum Gasteiger partial charge on any atom is 0.230 e. The molecule has 1 N–H and O–H groups in total. The Morgan fingerprint density at radius 2 is 2.09 bits per heavy atom. The normalized spacial score (nSPS) is 13.9. The summed E-state index contributed by atoms with van der Waals surface area (Å²) >= 11 is 0. The highest BCUT2D eigenvalue weighted by Crippen LogP contribution is 2.32. The maximum atomic E-state index is 6.16. The molecular weight excluding hydrogens is 274 g/mol. The fraction of sp³-hybridized carbons (Fsp3) is 0.333. The van der Waals surface area contributed by atoms with Gasteiger partial charge in [0.05, 0.1) is 12.1 Å². The van der Waals surface area contributed by atoms with E-state index < -0.39 is 0 Å². The standard InChI is InChI=1S/C18H21N3O/c1-12(2)14-7-6-13(3)11-16(14)22-18-15(5-4-8-21-18)17-19-9-10-20-17/h4-8,11-12H,9-10H2,1-3H3,(H,19,20). The number of nitrogens with one attached hydrogen (secondary N) is 1. The fourth-order valence-electron chi connectivity index (χ4n) is 2.54. The van der Waals surface area contributed by atoms with E-state index in [4.69, 9.17) is 4.74 Å². The van der Waals surface area contributed by atoms with Crippen LogP contribution in [0.1, 0.15) is 36.5 Å². The van der Waals surface area contributed by atoms with Crippen LogP contribution in [0.4, 0.5) is 0 Å². The number of nitrogens with zero attached hydrogens (tertiary/aromatic N) is 2. The number of amidine groups is 1. The van der Waals surface area contributed by atoms with Crippen molar-refractivity contribution in [1.29, 1.82) is 0 Å². The maximum absolute atomic E-state index is 6.16. The van der Waals surface area contributed by atoms with Crippen LogP contribution < -0.4 is 10.1 Å². The van der Waals surface area contributed by atoms with Gasteiger partial charge in [-0.3, -0.25) is 4.99 Å². The minimum atomic E-state index is 0.393. The zero-order valence-electron chi connectivity index (χ0n) is 13.3. The summed E-state index contributed by atoms with van der Waals surface area (Å²) in [6, 6.07) is 10.2. The molecule has 0 radical (unpaired) electrons. The molecule has 0 amide bonds. The summed E-state index contributed by atoms with van der Waals surface area (Å²) in [6.45, 7) is 8.06. The molecule has 0 saturated heterocycles. The zero-order valence-corrected chi connectivity index (χ0v) is 13.3. The van der Waals surface area contributed by atoms with Gasteiger partial charge in [0.25, 0.3) is 0 Å². The lowest BCUT2D eigenvalue weighted by atomic mass is 10.0. The van der Waals surface area contributed by atoms with Crippen molar-refractivity contribution in [2.45, 2.75) is 26.7 Å². The largest absolute Gasteiger partial charge is 0.438 e. The van der Waals surface area contributed by atoms with Gasteiger partial charge in [-0.15, -0.1) is 0 Å². The SMILES string of the molecule is Cc1ccc(C(C)C)c(Oc2ncccc2C2=NCCN2)c1. The van der Waals surface area contributed by atoms with E-state index in [2.05, 4.69) is 54.3 Å². The van der Waals surface area contributed by atoms with Gasteiger partial charge in [-0.1, -0.05) is 26.0 Å². The molecule has 1 aromatic heterocycles. The Morgan fingerprint density at radius 1 is 1.23 bits per heavy atom. The van der Waals surface area contributed by atoms with Crippen molar-refractivity contribution in [2.24, 2.45) is 4.99 Å². The molecule has 4 nitrogen and oxygen atoms in total. The van der Waals surface area contributed by atoms with Gasteiger partial charge >= 0.3 is 0 Å². The topological polar surface area (TPSA) is 46.5 Å². The van der Waals surface area contributed by atoms with Gasteiger partial charge in [0.1, 0.15) is 11.6 Å². The van der Waals surface area contributed by atoms with Gasteiger partial charge in [0.2, 0.25) is 5.88 Å². The molecule has 22 heavy (non-hydrogen) atoms. The summed E-state index contributed by atoms with van der Waals surface area (Å²) in [5, 5.41) is 3.28. The van der Waals surface area contributed by atoms with Gasteiger partial charge in [0.15, 0.2) is 0 Å². The van der Waals surface area contributed by atoms with Crippen molar-refractivity contribution in [3.63, 3.8) is 0 Å². The smallest absolute Gasteiger partial charge is 0.230 e. The van der Waals surface area contributed by atoms with Crippen molar-refractivity contribution in [3.8, 4) is 11.6 Å². The molecule has 4 heteroatoms. The summed E-state index contributed by atoms with van der Waals surface area (Å²) in [5.41, 5.74) is 3.27. The number of aromatic nitrogens is 1. The summed E-state index contributed by atoms with van der Waals surface area (Å²) in [4.78, 5) is 8.87. The van der Waals surface area contributed by atoms with E-state index in [9.17, 15) is 0 Å². The third kappa shape index (κ3) is 2.96. The van der Waals surface area contributed by atoms with Gasteiger partial charge in [-0.2, -0.15) is 0 Å². The Balaban J connectivity index is 1.99. The van der Waals surface area contributed by atoms with E-state index in [1.807, 2.05) is 12.1 Å². The Bertz CT molecular complexity index is 707. The Morgan fingerprint density at radius 3 is 2.82 bits per heavy atom. The zero-order chi connectivity index (χ0) is 15.5. The van der Waals surface area contributed by atoms with Gasteiger partial charge in [-0.05, 0) is 42.2 Å². The molecular formula is C18H21N3O. The van der Waals surface area contributed by atoms with E-state index in [1.165, 1.54) is 11.1 Å². The monoisotopic (exact) mass is 295 g/mol. The number of aliphatic imine (C=N–C) groups is 1. The fourth-order valence-corrected chi connectivity index (χ4v) is 2.54. The average Bonchev–Trinajstić information content (AvgIpc) is 3.01. The second kappa shape index (κ2) is 6.18. The summed E-state index contributed by atoms with van der Waals surface area (Å²) in [6.07, 6.45) is 1.75. The van der Waals surface area contributed by atoms with Crippen molar-refractivity contribution in [3.05, 3.63) is 53.2 Å². The molecule has 1 aliphatic heterocycles. The molecule has 0 spiro atoms. The molecule has 0 fully saturated rings. The number of hydrogen-bond donors (Lipinski definition) is 1. The molecule has 0 saturated carbocycles. The number of pyridine rings is 1. The van der Waals surface area contributed by atoms with Gasteiger partial charge in [-0.25, -0.2) is 4.98 Å². The van der Waals surface area contributed by atoms with E-state index >= 15 is 0 Å². The lowest BCUT2D eigenvalue weighted by molar-refractivity contribution is 0.453. The Labute approximate surface area is 131 Å². The number of ether oxygens (including phenoxy) is 1. The third-order valence-corrected chi connectivity index (χ3v) is 3.70. The highest BCUT2D eigenvalue weighted by Gasteiger charge is 2.17.